The Morgan fingerprint density at radius 3 is 2.56 bits per heavy atom. The second-order valence-electron chi connectivity index (χ2n) is 3.88. The van der Waals surface area contributed by atoms with Gasteiger partial charge in [0.15, 0.2) is 5.75 Å². The number of carbonyl (C=O) groups is 1. The fraction of sp³-hybridized carbons (Fsp3) is 0.417. The third-order valence-electron chi connectivity index (χ3n) is 2.76. The lowest BCUT2D eigenvalue weighted by atomic mass is 10.1. The normalized spacial score (nSPS) is 15.9. The predicted molar refractivity (Wildman–Crippen MR) is 61.2 cm³/mol. The van der Waals surface area contributed by atoms with Crippen molar-refractivity contribution in [1.29, 1.82) is 0 Å². The van der Waals surface area contributed by atoms with Crippen LogP contribution < -0.4 is 9.64 Å². The minimum Gasteiger partial charge on any atom is -0.449 e. The molecule has 1 N–H and O–H groups in total. The lowest BCUT2D eigenvalue weighted by molar-refractivity contribution is 0.144. The third-order valence-corrected chi connectivity index (χ3v) is 2.76. The van der Waals surface area contributed by atoms with Gasteiger partial charge < -0.3 is 14.7 Å². The van der Waals surface area contributed by atoms with Crippen LogP contribution in [0.25, 0.3) is 0 Å². The van der Waals surface area contributed by atoms with Gasteiger partial charge in [-0.2, -0.15) is 0 Å². The van der Waals surface area contributed by atoms with E-state index >= 15 is 0 Å². The highest BCUT2D eigenvalue weighted by Crippen LogP contribution is 2.30. The summed E-state index contributed by atoms with van der Waals surface area (Å²) >= 11 is 0. The smallest absolute Gasteiger partial charge is 0.449 e. The molecular weight excluding hydrogens is 206 g/mol. The first-order valence-electron chi connectivity index (χ1n) is 5.52. The van der Waals surface area contributed by atoms with E-state index in [1.807, 2.05) is 12.1 Å². The predicted octanol–water partition coefficient (Wildman–Crippen LogP) is 2.73. The molecular formula is C12H15NO3. The van der Waals surface area contributed by atoms with Gasteiger partial charge in [-0.3, -0.25) is 0 Å². The maximum Gasteiger partial charge on any atom is 0.511 e. The second-order valence-corrected chi connectivity index (χ2v) is 3.88. The molecule has 0 atom stereocenters. The maximum absolute atomic E-state index is 10.6. The molecule has 0 saturated carbocycles. The zero-order valence-electron chi connectivity index (χ0n) is 9.06. The molecule has 4 nitrogen and oxygen atoms in total. The van der Waals surface area contributed by atoms with Crippen molar-refractivity contribution in [1.82, 2.24) is 0 Å². The van der Waals surface area contributed by atoms with E-state index in [0.717, 1.165) is 31.6 Å². The highest BCUT2D eigenvalue weighted by Gasteiger charge is 2.16. The summed E-state index contributed by atoms with van der Waals surface area (Å²) < 4.78 is 4.77. The van der Waals surface area contributed by atoms with Crippen molar-refractivity contribution in [3.8, 4) is 5.75 Å². The Labute approximate surface area is 94.4 Å². The van der Waals surface area contributed by atoms with Crippen LogP contribution in [0.4, 0.5) is 10.5 Å². The first-order valence-corrected chi connectivity index (χ1v) is 5.52. The molecule has 1 aliphatic heterocycles. The molecule has 1 aliphatic rings. The second kappa shape index (κ2) is 4.88. The van der Waals surface area contributed by atoms with Gasteiger partial charge >= 0.3 is 6.16 Å². The number of nitrogens with zero attached hydrogens (tertiary/aromatic N) is 1. The Morgan fingerprint density at radius 1 is 1.19 bits per heavy atom. The van der Waals surface area contributed by atoms with Gasteiger partial charge in [0.2, 0.25) is 0 Å². The number of benzene rings is 1. The number of piperidine rings is 1. The maximum atomic E-state index is 10.6. The van der Waals surface area contributed by atoms with E-state index in [2.05, 4.69) is 4.90 Å². The average Bonchev–Trinajstić information content (AvgIpc) is 2.30. The van der Waals surface area contributed by atoms with Crippen molar-refractivity contribution in [2.24, 2.45) is 0 Å². The van der Waals surface area contributed by atoms with Gasteiger partial charge in [-0.05, 0) is 31.4 Å². The standard InChI is InChI=1S/C12H15NO3/c14-12(15)16-11-7-3-2-6-10(11)13-8-4-1-5-9-13/h2-3,6-7H,1,4-5,8-9H2,(H,14,15). The van der Waals surface area contributed by atoms with Crippen LogP contribution in [0.3, 0.4) is 0 Å². The molecule has 1 aromatic rings. The Morgan fingerprint density at radius 2 is 1.88 bits per heavy atom. The van der Waals surface area contributed by atoms with Crippen molar-refractivity contribution < 1.29 is 14.6 Å². The summed E-state index contributed by atoms with van der Waals surface area (Å²) in [4.78, 5) is 12.7. The first-order chi connectivity index (χ1) is 7.77. The number of carboxylic acid groups (broad SMARTS) is 1. The SMILES string of the molecule is O=C(O)Oc1ccccc1N1CCCCC1. The van der Waals surface area contributed by atoms with Gasteiger partial charge in [-0.25, -0.2) is 4.79 Å². The minimum absolute atomic E-state index is 0.428. The fourth-order valence-electron chi connectivity index (χ4n) is 2.03. The number of hydrogen-bond acceptors (Lipinski definition) is 3. The van der Waals surface area contributed by atoms with Gasteiger partial charge in [0, 0.05) is 13.1 Å². The van der Waals surface area contributed by atoms with E-state index in [4.69, 9.17) is 9.84 Å². The minimum atomic E-state index is -1.26. The van der Waals surface area contributed by atoms with Crippen LogP contribution in [0.1, 0.15) is 19.3 Å². The van der Waals surface area contributed by atoms with Crippen molar-refractivity contribution in [3.05, 3.63) is 24.3 Å². The summed E-state index contributed by atoms with van der Waals surface area (Å²) in [6.45, 7) is 1.94. The van der Waals surface area contributed by atoms with Crippen LogP contribution in [-0.2, 0) is 0 Å². The Balaban J connectivity index is 2.20. The molecule has 0 amide bonds. The Hall–Kier alpha value is -1.71. The number of hydrogen-bond donors (Lipinski definition) is 1. The molecule has 2 rings (SSSR count). The molecule has 86 valence electrons. The largest absolute Gasteiger partial charge is 0.511 e. The molecule has 1 saturated heterocycles. The van der Waals surface area contributed by atoms with Crippen molar-refractivity contribution in [3.63, 3.8) is 0 Å². The topological polar surface area (TPSA) is 49.8 Å². The molecule has 1 aromatic carbocycles. The molecule has 0 radical (unpaired) electrons. The quantitative estimate of drug-likeness (QED) is 0.616. The van der Waals surface area contributed by atoms with Gasteiger partial charge in [-0.1, -0.05) is 12.1 Å². The first kappa shape index (κ1) is 10.8. The highest BCUT2D eigenvalue weighted by molar-refractivity contribution is 5.67. The lowest BCUT2D eigenvalue weighted by Gasteiger charge is -2.29. The van der Waals surface area contributed by atoms with E-state index in [1.165, 1.54) is 6.42 Å². The lowest BCUT2D eigenvalue weighted by Crippen LogP contribution is -2.29. The van der Waals surface area contributed by atoms with Gasteiger partial charge in [0.05, 0.1) is 5.69 Å². The van der Waals surface area contributed by atoms with Crippen LogP contribution in [0.5, 0.6) is 5.75 Å². The van der Waals surface area contributed by atoms with Gasteiger partial charge in [0.25, 0.3) is 0 Å². The summed E-state index contributed by atoms with van der Waals surface area (Å²) in [5, 5.41) is 8.65. The molecule has 0 aliphatic carbocycles. The summed E-state index contributed by atoms with van der Waals surface area (Å²) in [6, 6.07) is 7.28. The number of para-hydroxylation sites is 2. The molecule has 16 heavy (non-hydrogen) atoms. The molecule has 1 fully saturated rings. The van der Waals surface area contributed by atoms with Gasteiger partial charge in [0.1, 0.15) is 0 Å². The van der Waals surface area contributed by atoms with Crippen LogP contribution >= 0.6 is 0 Å². The van der Waals surface area contributed by atoms with Crippen molar-refractivity contribution in [2.75, 3.05) is 18.0 Å². The van der Waals surface area contributed by atoms with Crippen molar-refractivity contribution in [2.45, 2.75) is 19.3 Å². The van der Waals surface area contributed by atoms with Crippen LogP contribution in [-0.4, -0.2) is 24.4 Å². The zero-order valence-corrected chi connectivity index (χ0v) is 9.06. The van der Waals surface area contributed by atoms with Crippen LogP contribution in [0.2, 0.25) is 0 Å². The summed E-state index contributed by atoms with van der Waals surface area (Å²) in [5.41, 5.74) is 0.879. The van der Waals surface area contributed by atoms with E-state index in [9.17, 15) is 4.79 Å². The summed E-state index contributed by atoms with van der Waals surface area (Å²) in [6.07, 6.45) is 2.30. The molecule has 0 unspecified atom stereocenters. The molecule has 0 aromatic heterocycles. The van der Waals surface area contributed by atoms with Gasteiger partial charge in [-0.15, -0.1) is 0 Å². The number of anilines is 1. The number of ether oxygens (including phenoxy) is 1. The van der Waals surface area contributed by atoms with Crippen molar-refractivity contribution >= 4 is 11.8 Å². The Bertz CT molecular complexity index is 372. The molecule has 1 heterocycles. The van der Waals surface area contributed by atoms with Crippen LogP contribution in [0, 0.1) is 0 Å². The fourth-order valence-corrected chi connectivity index (χ4v) is 2.03. The van der Waals surface area contributed by atoms with E-state index < -0.39 is 6.16 Å². The zero-order chi connectivity index (χ0) is 11.4. The highest BCUT2D eigenvalue weighted by atomic mass is 16.7. The monoisotopic (exact) mass is 221 g/mol. The average molecular weight is 221 g/mol. The third kappa shape index (κ3) is 2.45. The summed E-state index contributed by atoms with van der Waals surface area (Å²) in [5.74, 6) is 0.428. The Kier molecular flexibility index (Phi) is 3.29. The summed E-state index contributed by atoms with van der Waals surface area (Å²) in [7, 11) is 0. The van der Waals surface area contributed by atoms with Crippen LogP contribution in [0.15, 0.2) is 24.3 Å². The van der Waals surface area contributed by atoms with E-state index in [-0.39, 0.29) is 0 Å². The van der Waals surface area contributed by atoms with E-state index in [1.54, 1.807) is 12.1 Å². The van der Waals surface area contributed by atoms with E-state index in [0.29, 0.717) is 5.75 Å². The molecule has 0 bridgehead atoms. The molecule has 4 heteroatoms. The molecule has 0 spiro atoms. The number of rotatable bonds is 2.